The van der Waals surface area contributed by atoms with Crippen molar-refractivity contribution < 1.29 is 13.9 Å². The van der Waals surface area contributed by atoms with E-state index >= 15 is 0 Å². The normalized spacial score (nSPS) is 10.9. The number of hydrogen-bond acceptors (Lipinski definition) is 4. The van der Waals surface area contributed by atoms with E-state index in [9.17, 15) is 14.0 Å². The number of carbonyl (C=O) groups excluding carboxylic acids is 1. The van der Waals surface area contributed by atoms with Gasteiger partial charge in [0.05, 0.1) is 17.0 Å². The molecule has 0 saturated heterocycles. The van der Waals surface area contributed by atoms with Gasteiger partial charge < -0.3 is 4.74 Å². The van der Waals surface area contributed by atoms with Gasteiger partial charge in [-0.15, -0.1) is 0 Å². The third kappa shape index (κ3) is 3.10. The van der Waals surface area contributed by atoms with Crippen LogP contribution in [-0.4, -0.2) is 22.1 Å². The second-order valence-corrected chi connectivity index (χ2v) is 5.83. The van der Waals surface area contributed by atoms with Gasteiger partial charge in [0, 0.05) is 6.20 Å². The van der Waals surface area contributed by atoms with Crippen molar-refractivity contribution >= 4 is 40.2 Å². The van der Waals surface area contributed by atoms with Crippen LogP contribution in [0.2, 0.25) is 10.2 Å². The average Bonchev–Trinajstić information content (AvgIpc) is 2.56. The summed E-state index contributed by atoms with van der Waals surface area (Å²) in [6.45, 7) is 1.71. The van der Waals surface area contributed by atoms with Gasteiger partial charge in [0.15, 0.2) is 0 Å². The van der Waals surface area contributed by atoms with Gasteiger partial charge in [-0.1, -0.05) is 29.3 Å². The molecule has 1 aromatic carbocycles. The van der Waals surface area contributed by atoms with E-state index in [2.05, 4.69) is 4.98 Å². The van der Waals surface area contributed by atoms with Crippen LogP contribution in [0.25, 0.3) is 16.7 Å². The Bertz CT molecular complexity index is 1030. The maximum absolute atomic E-state index is 14.4. The summed E-state index contributed by atoms with van der Waals surface area (Å²) in [5.41, 5.74) is -0.800. The molecule has 0 saturated carbocycles. The molecular formula is C17H11Cl2FN2O3. The summed E-state index contributed by atoms with van der Waals surface area (Å²) >= 11 is 12.0. The molecule has 2 heterocycles. The topological polar surface area (TPSA) is 61.2 Å². The monoisotopic (exact) mass is 380 g/mol. The molecule has 8 heteroatoms. The standard InChI is InChI=1S/C17H11Cl2FN2O3/c1-2-25-17(24)10-8-22(14-11(18)4-3-5-12(14)20)16-9(15(10)23)6-7-13(19)21-16/h3-8H,2H2,1H3. The minimum absolute atomic E-state index is 0.0468. The lowest BCUT2D eigenvalue weighted by Gasteiger charge is -2.14. The molecule has 0 amide bonds. The summed E-state index contributed by atoms with van der Waals surface area (Å²) in [6.07, 6.45) is 1.16. The molecule has 3 aromatic rings. The van der Waals surface area contributed by atoms with Crippen molar-refractivity contribution in [2.24, 2.45) is 0 Å². The quantitative estimate of drug-likeness (QED) is 0.508. The number of fused-ring (bicyclic) bond motifs is 1. The summed E-state index contributed by atoms with van der Waals surface area (Å²) in [6, 6.07) is 6.96. The average molecular weight is 381 g/mol. The second-order valence-electron chi connectivity index (χ2n) is 5.04. The minimum Gasteiger partial charge on any atom is -0.462 e. The highest BCUT2D eigenvalue weighted by Gasteiger charge is 2.20. The summed E-state index contributed by atoms with van der Waals surface area (Å²) in [5, 5.41) is 0.285. The molecular weight excluding hydrogens is 370 g/mol. The van der Waals surface area contributed by atoms with E-state index in [0.29, 0.717) is 0 Å². The Labute approximate surface area is 151 Å². The van der Waals surface area contributed by atoms with Crippen LogP contribution < -0.4 is 5.43 Å². The molecule has 0 aliphatic rings. The van der Waals surface area contributed by atoms with Gasteiger partial charge in [0.1, 0.15) is 27.9 Å². The fourth-order valence-electron chi connectivity index (χ4n) is 2.42. The van der Waals surface area contributed by atoms with E-state index in [1.54, 1.807) is 6.92 Å². The van der Waals surface area contributed by atoms with Gasteiger partial charge in [0.2, 0.25) is 5.43 Å². The lowest BCUT2D eigenvalue weighted by molar-refractivity contribution is 0.0524. The van der Waals surface area contributed by atoms with Crippen LogP contribution >= 0.6 is 23.2 Å². The van der Waals surface area contributed by atoms with Crippen molar-refractivity contribution in [3.05, 3.63) is 68.3 Å². The molecule has 0 bridgehead atoms. The van der Waals surface area contributed by atoms with Crippen molar-refractivity contribution in [3.8, 4) is 5.69 Å². The highest BCUT2D eigenvalue weighted by Crippen LogP contribution is 2.27. The number of rotatable bonds is 3. The van der Waals surface area contributed by atoms with Crippen LogP contribution in [0.3, 0.4) is 0 Å². The number of para-hydroxylation sites is 1. The van der Waals surface area contributed by atoms with E-state index in [1.807, 2.05) is 0 Å². The fourth-order valence-corrected chi connectivity index (χ4v) is 2.82. The van der Waals surface area contributed by atoms with Gasteiger partial charge >= 0.3 is 5.97 Å². The van der Waals surface area contributed by atoms with Crippen LogP contribution in [0, 0.1) is 5.82 Å². The molecule has 2 aromatic heterocycles. The number of halogens is 3. The third-order valence-electron chi connectivity index (χ3n) is 3.49. The molecule has 0 aliphatic heterocycles. The molecule has 0 radical (unpaired) electrons. The van der Waals surface area contributed by atoms with Crippen LogP contribution in [0.5, 0.6) is 0 Å². The van der Waals surface area contributed by atoms with E-state index in [-0.39, 0.29) is 39.1 Å². The predicted molar refractivity (Wildman–Crippen MR) is 93.3 cm³/mol. The summed E-state index contributed by atoms with van der Waals surface area (Å²) in [4.78, 5) is 28.8. The Balaban J connectivity index is 2.45. The number of carbonyl (C=O) groups is 1. The first kappa shape index (κ1) is 17.4. The van der Waals surface area contributed by atoms with Crippen LogP contribution in [0.1, 0.15) is 17.3 Å². The number of hydrogen-bond donors (Lipinski definition) is 0. The van der Waals surface area contributed by atoms with Gasteiger partial charge in [-0.05, 0) is 31.2 Å². The second kappa shape index (κ2) is 6.82. The maximum Gasteiger partial charge on any atom is 0.343 e. The first-order chi connectivity index (χ1) is 11.9. The Morgan fingerprint density at radius 3 is 2.72 bits per heavy atom. The molecule has 0 aliphatic carbocycles. The molecule has 0 atom stereocenters. The number of aromatic nitrogens is 2. The molecule has 25 heavy (non-hydrogen) atoms. The van der Waals surface area contributed by atoms with Crippen molar-refractivity contribution in [2.75, 3.05) is 6.61 Å². The zero-order valence-electron chi connectivity index (χ0n) is 12.9. The van der Waals surface area contributed by atoms with E-state index in [1.165, 1.54) is 34.9 Å². The fraction of sp³-hybridized carbons (Fsp3) is 0.118. The first-order valence-corrected chi connectivity index (χ1v) is 8.03. The zero-order chi connectivity index (χ0) is 18.1. The van der Waals surface area contributed by atoms with Crippen LogP contribution in [0.15, 0.2) is 41.3 Å². The van der Waals surface area contributed by atoms with Gasteiger partial charge in [-0.25, -0.2) is 14.2 Å². The Morgan fingerprint density at radius 1 is 1.28 bits per heavy atom. The first-order valence-electron chi connectivity index (χ1n) is 7.27. The minimum atomic E-state index is -0.814. The van der Waals surface area contributed by atoms with Crippen molar-refractivity contribution in [1.82, 2.24) is 9.55 Å². The van der Waals surface area contributed by atoms with Crippen molar-refractivity contribution in [2.45, 2.75) is 6.92 Å². The van der Waals surface area contributed by atoms with Gasteiger partial charge in [0.25, 0.3) is 0 Å². The van der Waals surface area contributed by atoms with Crippen LogP contribution in [0.4, 0.5) is 4.39 Å². The molecule has 5 nitrogen and oxygen atoms in total. The van der Waals surface area contributed by atoms with E-state index < -0.39 is 17.2 Å². The van der Waals surface area contributed by atoms with Gasteiger partial charge in [-0.3, -0.25) is 9.36 Å². The number of nitrogens with zero attached hydrogens (tertiary/aromatic N) is 2. The molecule has 0 unspecified atom stereocenters. The highest BCUT2D eigenvalue weighted by atomic mass is 35.5. The van der Waals surface area contributed by atoms with E-state index in [4.69, 9.17) is 27.9 Å². The number of ether oxygens (including phenoxy) is 1. The summed E-state index contributed by atoms with van der Waals surface area (Å²) < 4.78 is 20.5. The Morgan fingerprint density at radius 2 is 2.04 bits per heavy atom. The smallest absolute Gasteiger partial charge is 0.343 e. The number of esters is 1. The summed E-state index contributed by atoms with van der Waals surface area (Å²) in [5.74, 6) is -1.46. The molecule has 0 spiro atoms. The van der Waals surface area contributed by atoms with Crippen LogP contribution in [-0.2, 0) is 4.74 Å². The number of benzene rings is 1. The lowest BCUT2D eigenvalue weighted by atomic mass is 10.1. The highest BCUT2D eigenvalue weighted by molar-refractivity contribution is 6.32. The third-order valence-corrected chi connectivity index (χ3v) is 4.01. The number of pyridine rings is 2. The van der Waals surface area contributed by atoms with E-state index in [0.717, 1.165) is 6.20 Å². The Hall–Kier alpha value is -2.44. The molecule has 128 valence electrons. The largest absolute Gasteiger partial charge is 0.462 e. The predicted octanol–water partition coefficient (Wildman–Crippen LogP) is 4.01. The molecule has 0 fully saturated rings. The zero-order valence-corrected chi connectivity index (χ0v) is 14.4. The Kier molecular flexibility index (Phi) is 4.74. The van der Waals surface area contributed by atoms with Gasteiger partial charge in [-0.2, -0.15) is 0 Å². The molecule has 0 N–H and O–H groups in total. The SMILES string of the molecule is CCOC(=O)c1cn(-c2c(F)cccc2Cl)c2nc(Cl)ccc2c1=O. The van der Waals surface area contributed by atoms with Crippen molar-refractivity contribution in [3.63, 3.8) is 0 Å². The lowest BCUT2D eigenvalue weighted by Crippen LogP contribution is -2.21. The maximum atomic E-state index is 14.4. The van der Waals surface area contributed by atoms with Crippen molar-refractivity contribution in [1.29, 1.82) is 0 Å². The summed E-state index contributed by atoms with van der Waals surface area (Å²) in [7, 11) is 0. The molecule has 3 rings (SSSR count).